The van der Waals surface area contributed by atoms with Crippen LogP contribution in [0.3, 0.4) is 0 Å². The first-order chi connectivity index (χ1) is 5.87. The van der Waals surface area contributed by atoms with Gasteiger partial charge in [-0.2, -0.15) is 0 Å². The van der Waals surface area contributed by atoms with Crippen LogP contribution in [0.4, 0.5) is 0 Å². The summed E-state index contributed by atoms with van der Waals surface area (Å²) in [5.41, 5.74) is 4.14. The molecule has 0 aliphatic heterocycles. The molecule has 0 aromatic carbocycles. The zero-order valence-corrected chi connectivity index (χ0v) is 11.5. The van der Waals surface area contributed by atoms with Gasteiger partial charge in [0.1, 0.15) is 0 Å². The molecule has 1 atom stereocenters. The monoisotopic (exact) mass is 252 g/mol. The zero-order chi connectivity index (χ0) is 10.2. The van der Waals surface area contributed by atoms with E-state index in [-0.39, 0.29) is 5.41 Å². The standard InChI is InChI=1S/C10H14.2ClH.Ti/c1-7-6-10(4,5)9(3)8(7)2;;;/h4,6H,1-3,5H3;2*1H;/q;;;+2/p-2. The van der Waals surface area contributed by atoms with Crippen molar-refractivity contribution in [1.82, 2.24) is 0 Å². The molecule has 1 aliphatic carbocycles. The van der Waals surface area contributed by atoms with Crippen molar-refractivity contribution in [1.29, 1.82) is 0 Å². The Bertz CT molecular complexity index is 318. The van der Waals surface area contributed by atoms with E-state index in [1.54, 1.807) is 0 Å². The van der Waals surface area contributed by atoms with Gasteiger partial charge < -0.3 is 0 Å². The molecule has 0 nitrogen and oxygen atoms in total. The summed E-state index contributed by atoms with van der Waals surface area (Å²) in [5, 5.41) is 0. The summed E-state index contributed by atoms with van der Waals surface area (Å²) in [6.45, 7) is 8.64. The summed E-state index contributed by atoms with van der Waals surface area (Å²) in [6, 6.07) is 0. The number of hydrogen-bond donors (Lipinski definition) is 0. The predicted molar refractivity (Wildman–Crippen MR) is 58.0 cm³/mol. The third kappa shape index (κ3) is 2.36. The SMILES string of the molecule is CC1=CC(C)([CH]=[Ti]([Cl])[Cl])C(C)=C1C. The number of rotatable bonds is 1. The van der Waals surface area contributed by atoms with Gasteiger partial charge in [-0.1, -0.05) is 0 Å². The Balaban J connectivity index is 3.17. The van der Waals surface area contributed by atoms with Crippen molar-refractivity contribution in [3.05, 3.63) is 22.8 Å². The second-order valence-electron chi connectivity index (χ2n) is 3.79. The molecule has 0 amide bonds. The molecule has 0 saturated heterocycles. The molecule has 3 heteroatoms. The van der Waals surface area contributed by atoms with Crippen LogP contribution >= 0.6 is 18.6 Å². The molecule has 72 valence electrons. The summed E-state index contributed by atoms with van der Waals surface area (Å²) in [7, 11) is 11.9. The molecule has 0 saturated carbocycles. The van der Waals surface area contributed by atoms with Crippen LogP contribution in [0.5, 0.6) is 0 Å². The number of hydrogen-bond acceptors (Lipinski definition) is 0. The Hall–Kier alpha value is 0.644. The Labute approximate surface area is 93.7 Å². The third-order valence-corrected chi connectivity index (χ3v) is 5.06. The van der Waals surface area contributed by atoms with Gasteiger partial charge in [0.15, 0.2) is 0 Å². The fraction of sp³-hybridized carbons (Fsp3) is 0.500. The molecule has 1 rings (SSSR count). The Kier molecular flexibility index (Phi) is 3.63. The van der Waals surface area contributed by atoms with Crippen LogP contribution in [0.1, 0.15) is 27.7 Å². The molecule has 0 bridgehead atoms. The van der Waals surface area contributed by atoms with Crippen LogP contribution < -0.4 is 0 Å². The van der Waals surface area contributed by atoms with E-state index in [0.717, 1.165) is 0 Å². The fourth-order valence-corrected chi connectivity index (χ4v) is 4.79. The van der Waals surface area contributed by atoms with Crippen LogP contribution in [0, 0.1) is 5.41 Å². The average Bonchev–Trinajstić information content (AvgIpc) is 2.14. The quantitative estimate of drug-likeness (QED) is 0.619. The molecular weight excluding hydrogens is 239 g/mol. The van der Waals surface area contributed by atoms with Crippen molar-refractivity contribution >= 4 is 22.9 Å². The minimum absolute atomic E-state index is 0.0208. The average molecular weight is 253 g/mol. The van der Waals surface area contributed by atoms with Crippen molar-refractivity contribution < 1.29 is 15.3 Å². The molecule has 13 heavy (non-hydrogen) atoms. The first-order valence-electron chi connectivity index (χ1n) is 4.28. The minimum atomic E-state index is -1.89. The van der Waals surface area contributed by atoms with Gasteiger partial charge >= 0.3 is 94.1 Å². The molecule has 1 unspecified atom stereocenters. The van der Waals surface area contributed by atoms with Crippen LogP contribution in [-0.4, -0.2) is 4.31 Å². The predicted octanol–water partition coefficient (Wildman–Crippen LogP) is 4.02. The maximum atomic E-state index is 5.93. The summed E-state index contributed by atoms with van der Waals surface area (Å²) < 4.78 is 2.13. The molecular formula is C10H14Cl2Ti. The molecule has 0 N–H and O–H groups in total. The van der Waals surface area contributed by atoms with E-state index in [1.807, 2.05) is 0 Å². The third-order valence-electron chi connectivity index (χ3n) is 2.89. The molecule has 0 fully saturated rings. The molecule has 0 spiro atoms. The first kappa shape index (κ1) is 11.7. The fourth-order valence-electron chi connectivity index (χ4n) is 1.74. The van der Waals surface area contributed by atoms with Gasteiger partial charge in [-0.3, -0.25) is 0 Å². The molecule has 0 aromatic rings. The van der Waals surface area contributed by atoms with Crippen LogP contribution in [0.2, 0.25) is 0 Å². The second kappa shape index (κ2) is 4.02. The number of halogens is 2. The summed E-state index contributed by atoms with van der Waals surface area (Å²) >= 11 is -1.89. The van der Waals surface area contributed by atoms with Crippen molar-refractivity contribution in [2.45, 2.75) is 27.7 Å². The van der Waals surface area contributed by atoms with E-state index in [4.69, 9.17) is 18.6 Å². The van der Waals surface area contributed by atoms with Crippen LogP contribution in [0.25, 0.3) is 0 Å². The Morgan fingerprint density at radius 1 is 1.31 bits per heavy atom. The zero-order valence-electron chi connectivity index (χ0n) is 8.41. The topological polar surface area (TPSA) is 0 Å². The van der Waals surface area contributed by atoms with Crippen molar-refractivity contribution in [2.75, 3.05) is 0 Å². The van der Waals surface area contributed by atoms with E-state index in [9.17, 15) is 0 Å². The summed E-state index contributed by atoms with van der Waals surface area (Å²) in [4.78, 5) is 0. The molecule has 0 aromatic heterocycles. The second-order valence-corrected chi connectivity index (χ2v) is 9.30. The summed E-state index contributed by atoms with van der Waals surface area (Å²) in [5.74, 6) is 0. The maximum absolute atomic E-state index is 5.93. The van der Waals surface area contributed by atoms with Crippen molar-refractivity contribution in [3.63, 3.8) is 0 Å². The van der Waals surface area contributed by atoms with Gasteiger partial charge in [-0.25, -0.2) is 0 Å². The van der Waals surface area contributed by atoms with Gasteiger partial charge in [0, 0.05) is 0 Å². The normalized spacial score (nSPS) is 27.7. The summed E-state index contributed by atoms with van der Waals surface area (Å²) in [6.07, 6.45) is 2.26. The molecule has 0 heterocycles. The number of allylic oxidation sites excluding steroid dienone is 4. The van der Waals surface area contributed by atoms with E-state index in [0.29, 0.717) is 0 Å². The van der Waals surface area contributed by atoms with Crippen LogP contribution in [-0.2, 0) is 15.3 Å². The Morgan fingerprint density at radius 2 is 1.85 bits per heavy atom. The van der Waals surface area contributed by atoms with Crippen LogP contribution in [0.15, 0.2) is 22.8 Å². The molecule has 1 aliphatic rings. The van der Waals surface area contributed by atoms with Gasteiger partial charge in [-0.15, -0.1) is 0 Å². The van der Waals surface area contributed by atoms with Gasteiger partial charge in [0.05, 0.1) is 0 Å². The van der Waals surface area contributed by atoms with E-state index in [2.05, 4.69) is 38.1 Å². The van der Waals surface area contributed by atoms with E-state index >= 15 is 0 Å². The van der Waals surface area contributed by atoms with Crippen molar-refractivity contribution in [3.8, 4) is 0 Å². The van der Waals surface area contributed by atoms with Crippen molar-refractivity contribution in [2.24, 2.45) is 5.41 Å². The van der Waals surface area contributed by atoms with E-state index < -0.39 is 15.3 Å². The van der Waals surface area contributed by atoms with Gasteiger partial charge in [0.25, 0.3) is 0 Å². The molecule has 0 radical (unpaired) electrons. The van der Waals surface area contributed by atoms with Gasteiger partial charge in [0.2, 0.25) is 0 Å². The van der Waals surface area contributed by atoms with Gasteiger partial charge in [-0.05, 0) is 0 Å². The van der Waals surface area contributed by atoms with E-state index in [1.165, 1.54) is 16.7 Å². The Morgan fingerprint density at radius 3 is 2.15 bits per heavy atom. The first-order valence-corrected chi connectivity index (χ1v) is 9.48.